The van der Waals surface area contributed by atoms with E-state index in [2.05, 4.69) is 32.5 Å². The van der Waals surface area contributed by atoms with Gasteiger partial charge in [-0.2, -0.15) is 0 Å². The highest BCUT2D eigenvalue weighted by molar-refractivity contribution is 7.15. The number of fused-ring (bicyclic) bond motifs is 1. The molecule has 5 rings (SSSR count). The number of rotatable bonds is 6. The predicted octanol–water partition coefficient (Wildman–Crippen LogP) is 4.38. The van der Waals surface area contributed by atoms with Crippen molar-refractivity contribution in [3.8, 4) is 11.1 Å². The average Bonchev–Trinajstić information content (AvgIpc) is 3.29. The van der Waals surface area contributed by atoms with Gasteiger partial charge in [0.05, 0.1) is 5.69 Å². The summed E-state index contributed by atoms with van der Waals surface area (Å²) >= 11 is 1.53. The number of nitrogens with zero attached hydrogens (tertiary/aromatic N) is 3. The largest absolute Gasteiger partial charge is 0.348 e. The summed E-state index contributed by atoms with van der Waals surface area (Å²) in [5.74, 6) is -0.371. The number of hydrogen-bond donors (Lipinski definition) is 2. The van der Waals surface area contributed by atoms with Crippen molar-refractivity contribution in [3.05, 3.63) is 100 Å². The van der Waals surface area contributed by atoms with Gasteiger partial charge in [0.1, 0.15) is 0 Å². The van der Waals surface area contributed by atoms with Crippen LogP contribution in [0.2, 0.25) is 0 Å². The number of thiazole rings is 1. The molecule has 1 aliphatic heterocycles. The Morgan fingerprint density at radius 1 is 0.971 bits per heavy atom. The van der Waals surface area contributed by atoms with E-state index < -0.39 is 0 Å². The zero-order valence-electron chi connectivity index (χ0n) is 19.3. The third kappa shape index (κ3) is 5.45. The minimum absolute atomic E-state index is 0.167. The van der Waals surface area contributed by atoms with Crippen LogP contribution in [0.25, 0.3) is 11.1 Å². The van der Waals surface area contributed by atoms with Crippen LogP contribution in [0.15, 0.2) is 73.1 Å². The Kier molecular flexibility index (Phi) is 6.65. The van der Waals surface area contributed by atoms with Gasteiger partial charge in [0.15, 0.2) is 5.13 Å². The average molecular weight is 484 g/mol. The molecule has 2 N–H and O–H groups in total. The van der Waals surface area contributed by atoms with Crippen molar-refractivity contribution in [1.29, 1.82) is 0 Å². The highest BCUT2D eigenvalue weighted by Crippen LogP contribution is 2.28. The van der Waals surface area contributed by atoms with Gasteiger partial charge in [0, 0.05) is 54.5 Å². The maximum atomic E-state index is 12.8. The number of pyridine rings is 1. The van der Waals surface area contributed by atoms with Crippen molar-refractivity contribution in [1.82, 2.24) is 20.2 Å². The number of anilines is 1. The molecule has 0 fully saturated rings. The lowest BCUT2D eigenvalue weighted by Gasteiger charge is -2.20. The molecule has 8 heteroatoms. The van der Waals surface area contributed by atoms with Gasteiger partial charge < -0.3 is 10.2 Å². The van der Waals surface area contributed by atoms with Crippen LogP contribution in [0.4, 0.5) is 5.13 Å². The van der Waals surface area contributed by atoms with Gasteiger partial charge in [-0.3, -0.25) is 19.9 Å². The molecular formula is C27H25N5O2S. The molecule has 0 atom stereocenters. The molecule has 0 unspecified atom stereocenters. The van der Waals surface area contributed by atoms with Crippen molar-refractivity contribution < 1.29 is 9.59 Å². The number of carbonyl (C=O) groups is 2. The van der Waals surface area contributed by atoms with Gasteiger partial charge in [0.2, 0.25) is 0 Å². The second kappa shape index (κ2) is 10.2. The van der Waals surface area contributed by atoms with Gasteiger partial charge in [-0.25, -0.2) is 4.98 Å². The van der Waals surface area contributed by atoms with E-state index in [1.165, 1.54) is 16.2 Å². The Balaban J connectivity index is 1.19. The van der Waals surface area contributed by atoms with E-state index in [9.17, 15) is 9.59 Å². The molecule has 0 aliphatic carbocycles. The van der Waals surface area contributed by atoms with Crippen molar-refractivity contribution in [2.24, 2.45) is 0 Å². The highest BCUT2D eigenvalue weighted by atomic mass is 32.1. The van der Waals surface area contributed by atoms with Crippen molar-refractivity contribution in [3.63, 3.8) is 0 Å². The third-order valence-electron chi connectivity index (χ3n) is 5.95. The summed E-state index contributed by atoms with van der Waals surface area (Å²) in [4.78, 5) is 37.5. The second-order valence-corrected chi connectivity index (χ2v) is 9.61. The van der Waals surface area contributed by atoms with Crippen molar-refractivity contribution in [2.45, 2.75) is 19.5 Å². The molecule has 2 amide bonds. The molecule has 2 aromatic heterocycles. The van der Waals surface area contributed by atoms with Crippen molar-refractivity contribution in [2.75, 3.05) is 18.9 Å². The Labute approximate surface area is 207 Å². The number of carbonyl (C=O) groups excluding carboxylic acids is 2. The second-order valence-electron chi connectivity index (χ2n) is 8.53. The van der Waals surface area contributed by atoms with Crippen LogP contribution < -0.4 is 10.6 Å². The Morgan fingerprint density at radius 2 is 1.74 bits per heavy atom. The summed E-state index contributed by atoms with van der Waals surface area (Å²) in [5, 5.41) is 6.49. The lowest BCUT2D eigenvalue weighted by atomic mass is 10.0. The predicted molar refractivity (Wildman–Crippen MR) is 137 cm³/mol. The molecule has 0 spiro atoms. The Morgan fingerprint density at radius 3 is 2.54 bits per heavy atom. The van der Waals surface area contributed by atoms with Gasteiger partial charge in [0.25, 0.3) is 11.8 Å². The number of benzene rings is 2. The fraction of sp³-hybridized carbons (Fsp3) is 0.185. The first-order chi connectivity index (χ1) is 17.0. The molecule has 7 nitrogen and oxygen atoms in total. The van der Waals surface area contributed by atoms with E-state index in [1.807, 2.05) is 36.4 Å². The van der Waals surface area contributed by atoms with Crippen LogP contribution in [0.3, 0.4) is 0 Å². The van der Waals surface area contributed by atoms with Crippen molar-refractivity contribution >= 4 is 28.3 Å². The monoisotopic (exact) mass is 483 g/mol. The standard InChI is InChI=1S/C27H25N5O2S/c1-32-14-11-23-24(17-32)35-27(30-23)31-26(34)22-4-2-3-18(15-22)16-29-25(33)21-7-5-19(6-8-21)20-9-12-28-13-10-20/h2-10,12-13,15H,11,14,16-17H2,1H3,(H,29,33)(H,30,31,34). The topological polar surface area (TPSA) is 87.2 Å². The maximum absolute atomic E-state index is 12.8. The number of likely N-dealkylation sites (N-methyl/N-ethyl adjacent to an activating group) is 1. The first-order valence-electron chi connectivity index (χ1n) is 11.4. The van der Waals surface area contributed by atoms with E-state index >= 15 is 0 Å². The smallest absolute Gasteiger partial charge is 0.257 e. The van der Waals surface area contributed by atoms with Gasteiger partial charge in [-0.15, -0.1) is 11.3 Å². The molecular weight excluding hydrogens is 458 g/mol. The van der Waals surface area contributed by atoms with Crippen LogP contribution in [-0.2, 0) is 19.5 Å². The maximum Gasteiger partial charge on any atom is 0.257 e. The Bertz CT molecular complexity index is 1350. The number of aromatic nitrogens is 2. The number of hydrogen-bond acceptors (Lipinski definition) is 6. The molecule has 3 heterocycles. The normalized spacial score (nSPS) is 13.2. The van der Waals surface area contributed by atoms with Gasteiger partial charge in [-0.05, 0) is 60.1 Å². The quantitative estimate of drug-likeness (QED) is 0.425. The van der Waals surface area contributed by atoms with Gasteiger partial charge >= 0.3 is 0 Å². The molecule has 0 bridgehead atoms. The van der Waals surface area contributed by atoms with Crippen LogP contribution in [0.5, 0.6) is 0 Å². The molecule has 4 aromatic rings. The highest BCUT2D eigenvalue weighted by Gasteiger charge is 2.19. The molecule has 35 heavy (non-hydrogen) atoms. The zero-order chi connectivity index (χ0) is 24.2. The van der Waals surface area contributed by atoms with Crippen LogP contribution in [0.1, 0.15) is 36.9 Å². The van der Waals surface area contributed by atoms with E-state index in [0.29, 0.717) is 22.8 Å². The minimum Gasteiger partial charge on any atom is -0.348 e. The summed E-state index contributed by atoms with van der Waals surface area (Å²) in [5.41, 5.74) is 5.11. The van der Waals surface area contributed by atoms with E-state index in [0.717, 1.165) is 41.9 Å². The zero-order valence-corrected chi connectivity index (χ0v) is 20.1. The third-order valence-corrected chi connectivity index (χ3v) is 6.94. The van der Waals surface area contributed by atoms with E-state index in [-0.39, 0.29) is 11.8 Å². The molecule has 1 aliphatic rings. The molecule has 0 saturated carbocycles. The summed E-state index contributed by atoms with van der Waals surface area (Å²) in [6, 6.07) is 18.6. The Hall–Kier alpha value is -3.88. The summed E-state index contributed by atoms with van der Waals surface area (Å²) in [6.07, 6.45) is 4.39. The van der Waals surface area contributed by atoms with Gasteiger partial charge in [-0.1, -0.05) is 24.3 Å². The van der Waals surface area contributed by atoms with Crippen LogP contribution in [0, 0.1) is 0 Å². The van der Waals surface area contributed by atoms with E-state index in [4.69, 9.17) is 0 Å². The lowest BCUT2D eigenvalue weighted by Crippen LogP contribution is -2.25. The number of amides is 2. The molecule has 176 valence electrons. The summed E-state index contributed by atoms with van der Waals surface area (Å²) in [7, 11) is 2.09. The summed E-state index contributed by atoms with van der Waals surface area (Å²) in [6.45, 7) is 2.17. The lowest BCUT2D eigenvalue weighted by molar-refractivity contribution is 0.0950. The number of nitrogens with one attached hydrogen (secondary N) is 2. The molecule has 0 radical (unpaired) electrons. The van der Waals surface area contributed by atoms with Crippen LogP contribution in [-0.4, -0.2) is 40.3 Å². The molecule has 2 aromatic carbocycles. The SMILES string of the molecule is CN1CCc2nc(NC(=O)c3cccc(CNC(=O)c4ccc(-c5ccncc5)cc4)c3)sc2C1. The fourth-order valence-corrected chi connectivity index (χ4v) is 5.09. The van der Waals surface area contributed by atoms with E-state index in [1.54, 1.807) is 36.7 Å². The van der Waals surface area contributed by atoms with Crippen LogP contribution >= 0.6 is 11.3 Å². The fourth-order valence-electron chi connectivity index (χ4n) is 4.01. The first-order valence-corrected chi connectivity index (χ1v) is 12.2. The minimum atomic E-state index is -0.204. The summed E-state index contributed by atoms with van der Waals surface area (Å²) < 4.78 is 0. The molecule has 0 saturated heterocycles. The first kappa shape index (κ1) is 22.9.